The molecule has 0 unspecified atom stereocenters. The fourth-order valence-corrected chi connectivity index (χ4v) is 6.24. The number of carbonyl (C=O) groups excluding carboxylic acids is 3. The lowest BCUT2D eigenvalue weighted by molar-refractivity contribution is -0.161. The quantitative estimate of drug-likeness (QED) is 0.302. The molecule has 0 spiro atoms. The molecule has 0 aromatic heterocycles. The van der Waals surface area contributed by atoms with Gasteiger partial charge in [-0.2, -0.15) is 0 Å². The number of ketones is 2. The number of aromatic hydroxyl groups is 1. The van der Waals surface area contributed by atoms with Gasteiger partial charge in [0.05, 0.1) is 23.6 Å². The van der Waals surface area contributed by atoms with Gasteiger partial charge in [0.15, 0.2) is 11.4 Å². The van der Waals surface area contributed by atoms with Crippen LogP contribution in [0.5, 0.6) is 5.75 Å². The van der Waals surface area contributed by atoms with Crippen molar-refractivity contribution in [2.75, 3.05) is 33.1 Å². The van der Waals surface area contributed by atoms with Crippen molar-refractivity contribution in [1.29, 1.82) is 0 Å². The van der Waals surface area contributed by atoms with Crippen LogP contribution in [0.25, 0.3) is 0 Å². The van der Waals surface area contributed by atoms with Crippen LogP contribution in [0, 0.1) is 25.7 Å². The average Bonchev–Trinajstić information content (AvgIpc) is 2.77. The Balaban J connectivity index is 2.07. The number of hydrogen-bond donors (Lipinski definition) is 6. The van der Waals surface area contributed by atoms with Crippen LogP contribution in [0.3, 0.4) is 0 Å². The van der Waals surface area contributed by atoms with Crippen LogP contribution in [0.15, 0.2) is 22.7 Å². The van der Waals surface area contributed by atoms with Gasteiger partial charge in [0.1, 0.15) is 22.8 Å². The van der Waals surface area contributed by atoms with Crippen LogP contribution in [0.2, 0.25) is 0 Å². The van der Waals surface area contributed by atoms with Gasteiger partial charge in [-0.25, -0.2) is 0 Å². The summed E-state index contributed by atoms with van der Waals surface area (Å²) in [5.41, 5.74) is 3.28. The number of anilines is 1. The third-order valence-corrected chi connectivity index (χ3v) is 7.94. The van der Waals surface area contributed by atoms with E-state index >= 15 is 0 Å². The van der Waals surface area contributed by atoms with E-state index in [0.29, 0.717) is 16.8 Å². The molecule has 0 aliphatic heterocycles. The van der Waals surface area contributed by atoms with Crippen LogP contribution in [0.1, 0.15) is 27.0 Å². The molecule has 1 aromatic rings. The molecule has 3 aliphatic carbocycles. The summed E-state index contributed by atoms with van der Waals surface area (Å²) in [4.78, 5) is 42.4. The molecule has 1 amide bonds. The number of fused-ring (bicyclic) bond motifs is 3. The van der Waals surface area contributed by atoms with Gasteiger partial charge in [-0.05, 0) is 51.1 Å². The number of rotatable bonds is 3. The van der Waals surface area contributed by atoms with E-state index < -0.39 is 69.7 Å². The first-order valence-electron chi connectivity index (χ1n) is 11.5. The Morgan fingerprint density at radius 1 is 1.06 bits per heavy atom. The van der Waals surface area contributed by atoms with E-state index in [1.165, 1.54) is 19.0 Å². The second kappa shape index (κ2) is 8.05. The maximum atomic E-state index is 13.8. The fraction of sp³-hybridized carbons (Fsp3) is 0.480. The Morgan fingerprint density at radius 3 is 2.14 bits per heavy atom. The maximum Gasteiger partial charge on any atom is 0.255 e. The Kier molecular flexibility index (Phi) is 5.74. The summed E-state index contributed by atoms with van der Waals surface area (Å²) in [5.74, 6) is -8.24. The normalized spacial score (nSPS) is 29.8. The Morgan fingerprint density at radius 2 is 1.64 bits per heavy atom. The Bertz CT molecular complexity index is 1290. The molecule has 0 heterocycles. The number of carbonyl (C=O) groups is 3. The molecule has 194 valence electrons. The van der Waals surface area contributed by atoms with Gasteiger partial charge in [-0.15, -0.1) is 0 Å². The van der Waals surface area contributed by atoms with Crippen molar-refractivity contribution in [3.05, 3.63) is 44.9 Å². The minimum Gasteiger partial charge on any atom is -0.510 e. The number of nitrogens with zero attached hydrogens (tertiary/aromatic N) is 2. The van der Waals surface area contributed by atoms with Gasteiger partial charge >= 0.3 is 0 Å². The molecular formula is C25H31N3O8. The topological polar surface area (TPSA) is 185 Å². The first kappa shape index (κ1) is 25.7. The number of phenols is 1. The SMILES string of the molecule is Cc1c(C)c(N(C)C)c2c(c1O)C(=O)C1=C(O)[C@]3(O)C(=O)C(C(N)=O)=C(O)[C@@H](N(C)C)[C@@H]3[C@@H](O)[C@@H]1C2. The molecule has 0 saturated heterocycles. The predicted molar refractivity (Wildman–Crippen MR) is 129 cm³/mol. The van der Waals surface area contributed by atoms with Crippen molar-refractivity contribution in [2.24, 2.45) is 17.6 Å². The van der Waals surface area contributed by atoms with E-state index in [9.17, 15) is 39.9 Å². The lowest BCUT2D eigenvalue weighted by Crippen LogP contribution is -2.68. The molecule has 3 aliphatic rings. The van der Waals surface area contributed by atoms with Gasteiger partial charge in [0.25, 0.3) is 5.91 Å². The number of likely N-dealkylation sites (N-methyl/N-ethyl adjacent to an activating group) is 1. The van der Waals surface area contributed by atoms with Crippen molar-refractivity contribution in [1.82, 2.24) is 4.90 Å². The van der Waals surface area contributed by atoms with Crippen molar-refractivity contribution in [3.63, 3.8) is 0 Å². The van der Waals surface area contributed by atoms with Crippen LogP contribution < -0.4 is 10.6 Å². The van der Waals surface area contributed by atoms with Gasteiger partial charge in [-0.1, -0.05) is 0 Å². The molecule has 5 atom stereocenters. The summed E-state index contributed by atoms with van der Waals surface area (Å²) in [7, 11) is 6.54. The second-order valence-electron chi connectivity index (χ2n) is 10.2. The highest BCUT2D eigenvalue weighted by atomic mass is 16.4. The van der Waals surface area contributed by atoms with Gasteiger partial charge in [-0.3, -0.25) is 19.3 Å². The Hall–Kier alpha value is -3.41. The highest BCUT2D eigenvalue weighted by Crippen LogP contribution is 2.54. The van der Waals surface area contributed by atoms with Gasteiger partial charge in [0, 0.05) is 31.3 Å². The molecule has 0 fully saturated rings. The number of primary amides is 1. The first-order valence-corrected chi connectivity index (χ1v) is 11.5. The molecule has 11 heteroatoms. The summed E-state index contributed by atoms with van der Waals surface area (Å²) < 4.78 is 0. The highest BCUT2D eigenvalue weighted by Gasteiger charge is 2.66. The van der Waals surface area contributed by atoms with E-state index in [1.54, 1.807) is 32.8 Å². The van der Waals surface area contributed by atoms with E-state index in [-0.39, 0.29) is 17.7 Å². The number of hydrogen-bond acceptors (Lipinski definition) is 10. The third kappa shape index (κ3) is 2.99. The summed E-state index contributed by atoms with van der Waals surface area (Å²) in [6, 6.07) is -1.29. The predicted octanol–water partition coefficient (Wildman–Crippen LogP) is -0.226. The molecule has 0 bridgehead atoms. The smallest absolute Gasteiger partial charge is 0.255 e. The fourth-order valence-electron chi connectivity index (χ4n) is 6.24. The summed E-state index contributed by atoms with van der Waals surface area (Å²) in [5, 5.41) is 56.3. The zero-order chi connectivity index (χ0) is 27.2. The lowest BCUT2D eigenvalue weighted by Gasteiger charge is -2.52. The number of phenolic OH excluding ortho intramolecular Hbond substituents is 1. The zero-order valence-electron chi connectivity index (χ0n) is 20.9. The van der Waals surface area contributed by atoms with Crippen molar-refractivity contribution < 1.29 is 39.9 Å². The molecule has 36 heavy (non-hydrogen) atoms. The summed E-state index contributed by atoms with van der Waals surface area (Å²) in [6.45, 7) is 3.44. The number of amides is 1. The van der Waals surface area contributed by atoms with Crippen LogP contribution in [0.4, 0.5) is 5.69 Å². The van der Waals surface area contributed by atoms with E-state index in [1.807, 2.05) is 0 Å². The minimum absolute atomic E-state index is 0.00208. The third-order valence-electron chi connectivity index (χ3n) is 7.94. The van der Waals surface area contributed by atoms with Crippen molar-refractivity contribution in [3.8, 4) is 5.75 Å². The lowest BCUT2D eigenvalue weighted by atomic mass is 9.57. The number of aliphatic hydroxyl groups is 4. The molecule has 11 nitrogen and oxygen atoms in total. The van der Waals surface area contributed by atoms with Crippen LogP contribution in [-0.4, -0.2) is 93.8 Å². The second-order valence-corrected chi connectivity index (χ2v) is 10.2. The van der Waals surface area contributed by atoms with Gasteiger partial charge in [0.2, 0.25) is 5.78 Å². The first-order chi connectivity index (χ1) is 16.6. The number of Topliss-reactive ketones (excluding diaryl/α,β-unsaturated/α-hetero) is 2. The molecule has 7 N–H and O–H groups in total. The minimum atomic E-state index is -2.91. The molecule has 4 rings (SSSR count). The van der Waals surface area contributed by atoms with Crippen molar-refractivity contribution >= 4 is 23.2 Å². The maximum absolute atomic E-state index is 13.8. The number of benzene rings is 1. The molecular weight excluding hydrogens is 470 g/mol. The van der Waals surface area contributed by atoms with Crippen LogP contribution >= 0.6 is 0 Å². The van der Waals surface area contributed by atoms with E-state index in [2.05, 4.69) is 0 Å². The van der Waals surface area contributed by atoms with E-state index in [4.69, 9.17) is 5.73 Å². The van der Waals surface area contributed by atoms with Crippen molar-refractivity contribution in [2.45, 2.75) is 38.0 Å². The molecule has 0 radical (unpaired) electrons. The number of aliphatic hydroxyl groups excluding tert-OH is 3. The van der Waals surface area contributed by atoms with E-state index in [0.717, 1.165) is 5.56 Å². The standard InChI is InChI=1S/C25H31N3O8/c1-8-9(2)18(29)12-10(16(8)27(3)4)7-11-13(20(12)31)22(33)25(36)15(19(11)30)17(28(5)6)21(32)14(23(25)34)24(26)35/h11,15,17,19,29-30,32-33,36H,7H2,1-6H3,(H2,26,35)/t11-,15-,17+,19+,25+/m1/s1. The Labute approximate surface area is 207 Å². The number of nitrogens with two attached hydrogens (primary N) is 1. The monoisotopic (exact) mass is 501 g/mol. The van der Waals surface area contributed by atoms with Crippen LogP contribution in [-0.2, 0) is 16.0 Å². The van der Waals surface area contributed by atoms with Gasteiger partial charge < -0.3 is 36.2 Å². The molecule has 1 aromatic carbocycles. The average molecular weight is 502 g/mol. The largest absolute Gasteiger partial charge is 0.510 e. The molecule has 0 saturated carbocycles. The summed E-state index contributed by atoms with van der Waals surface area (Å²) in [6.07, 6.45) is -1.61. The zero-order valence-corrected chi connectivity index (χ0v) is 20.9. The highest BCUT2D eigenvalue weighted by molar-refractivity contribution is 6.25. The summed E-state index contributed by atoms with van der Waals surface area (Å²) >= 11 is 0.